The zero-order valence-corrected chi connectivity index (χ0v) is 12.7. The smallest absolute Gasteiger partial charge is 0.255 e. The monoisotopic (exact) mass is 291 g/mol. The molecule has 2 heterocycles. The van der Waals surface area contributed by atoms with Crippen molar-refractivity contribution < 1.29 is 9.59 Å². The van der Waals surface area contributed by atoms with Crippen molar-refractivity contribution in [3.63, 3.8) is 0 Å². The number of nitrogens with zero attached hydrogens (tertiary/aromatic N) is 4. The summed E-state index contributed by atoms with van der Waals surface area (Å²) in [5.74, 6) is 0.201. The maximum atomic E-state index is 12.1. The van der Waals surface area contributed by atoms with Gasteiger partial charge in [-0.15, -0.1) is 0 Å². The molecule has 1 aromatic rings. The molecule has 0 spiro atoms. The van der Waals surface area contributed by atoms with Crippen LogP contribution in [0.2, 0.25) is 0 Å². The van der Waals surface area contributed by atoms with Crippen molar-refractivity contribution in [2.75, 3.05) is 38.6 Å². The first-order chi connectivity index (χ1) is 9.99. The first kappa shape index (κ1) is 15.2. The van der Waals surface area contributed by atoms with Crippen molar-refractivity contribution in [2.24, 2.45) is 0 Å². The van der Waals surface area contributed by atoms with E-state index in [4.69, 9.17) is 0 Å². The molecular weight excluding hydrogens is 270 g/mol. The van der Waals surface area contributed by atoms with Crippen LogP contribution in [0.25, 0.3) is 0 Å². The van der Waals surface area contributed by atoms with Crippen LogP contribution >= 0.6 is 0 Å². The normalized spacial score (nSPS) is 14.1. The number of aryl methyl sites for hydroxylation is 1. The van der Waals surface area contributed by atoms with E-state index in [-0.39, 0.29) is 18.4 Å². The number of nitrogens with one attached hydrogen (secondary N) is 1. The fourth-order valence-electron chi connectivity index (χ4n) is 2.22. The Kier molecular flexibility index (Phi) is 4.72. The molecule has 1 fully saturated rings. The third-order valence-corrected chi connectivity index (χ3v) is 3.47. The summed E-state index contributed by atoms with van der Waals surface area (Å²) in [6.07, 6.45) is 3.57. The summed E-state index contributed by atoms with van der Waals surface area (Å²) in [4.78, 5) is 35.9. The van der Waals surface area contributed by atoms with Gasteiger partial charge in [-0.25, -0.2) is 9.97 Å². The highest BCUT2D eigenvalue weighted by Gasteiger charge is 2.19. The lowest BCUT2D eigenvalue weighted by atomic mass is 10.2. The second-order valence-corrected chi connectivity index (χ2v) is 5.33. The third-order valence-electron chi connectivity index (χ3n) is 3.47. The molecule has 114 valence electrons. The van der Waals surface area contributed by atoms with E-state index in [1.165, 1.54) is 6.20 Å². The average Bonchev–Trinajstić information content (AvgIpc) is 2.98. The highest BCUT2D eigenvalue weighted by atomic mass is 16.2. The predicted molar refractivity (Wildman–Crippen MR) is 79.2 cm³/mol. The Morgan fingerprint density at radius 1 is 1.33 bits per heavy atom. The molecule has 7 nitrogen and oxygen atoms in total. The first-order valence-electron chi connectivity index (χ1n) is 7.06. The van der Waals surface area contributed by atoms with Gasteiger partial charge in [0.05, 0.1) is 17.8 Å². The van der Waals surface area contributed by atoms with Gasteiger partial charge in [0.2, 0.25) is 11.9 Å². The predicted octanol–water partition coefficient (Wildman–Crippen LogP) is 0.203. The van der Waals surface area contributed by atoms with Crippen molar-refractivity contribution in [3.8, 4) is 0 Å². The maximum absolute atomic E-state index is 12.1. The lowest BCUT2D eigenvalue weighted by molar-refractivity contribution is -0.129. The minimum Gasteiger partial charge on any atom is -0.347 e. The van der Waals surface area contributed by atoms with E-state index in [0.717, 1.165) is 25.9 Å². The molecule has 1 aliphatic heterocycles. The van der Waals surface area contributed by atoms with E-state index in [2.05, 4.69) is 15.3 Å². The number of rotatable bonds is 4. The third kappa shape index (κ3) is 3.68. The number of carbonyl (C=O) groups excluding carboxylic acids is 2. The number of hydrogen-bond donors (Lipinski definition) is 1. The molecule has 21 heavy (non-hydrogen) atoms. The van der Waals surface area contributed by atoms with Crippen LogP contribution in [-0.4, -0.2) is 60.4 Å². The molecule has 1 aromatic heterocycles. The number of likely N-dealkylation sites (tertiary alicyclic amines) is 1. The SMILES string of the molecule is Cc1nc(N(C)C)ncc1C(=O)NCC(=O)N1CCCC1. The first-order valence-corrected chi connectivity index (χ1v) is 7.06. The Morgan fingerprint density at radius 3 is 2.57 bits per heavy atom. The summed E-state index contributed by atoms with van der Waals surface area (Å²) in [5, 5.41) is 2.64. The van der Waals surface area contributed by atoms with Crippen LogP contribution in [0.15, 0.2) is 6.20 Å². The van der Waals surface area contributed by atoms with Crippen LogP contribution in [0, 0.1) is 6.92 Å². The van der Waals surface area contributed by atoms with E-state index >= 15 is 0 Å². The molecule has 0 atom stereocenters. The molecule has 0 radical (unpaired) electrons. The molecule has 1 saturated heterocycles. The summed E-state index contributed by atoms with van der Waals surface area (Å²) in [6.45, 7) is 3.35. The lowest BCUT2D eigenvalue weighted by Crippen LogP contribution is -2.39. The van der Waals surface area contributed by atoms with Crippen LogP contribution in [0.3, 0.4) is 0 Å². The Hall–Kier alpha value is -2.18. The molecule has 2 amide bonds. The maximum Gasteiger partial charge on any atom is 0.255 e. The Morgan fingerprint density at radius 2 is 2.00 bits per heavy atom. The lowest BCUT2D eigenvalue weighted by Gasteiger charge is -2.16. The van der Waals surface area contributed by atoms with Crippen molar-refractivity contribution >= 4 is 17.8 Å². The molecule has 1 N–H and O–H groups in total. The molecule has 0 aliphatic carbocycles. The second-order valence-electron chi connectivity index (χ2n) is 5.33. The molecule has 0 unspecified atom stereocenters. The van der Waals surface area contributed by atoms with Gasteiger partial charge < -0.3 is 15.1 Å². The average molecular weight is 291 g/mol. The van der Waals surface area contributed by atoms with E-state index in [1.54, 1.807) is 16.7 Å². The van der Waals surface area contributed by atoms with Gasteiger partial charge in [0.25, 0.3) is 5.91 Å². The Bertz CT molecular complexity index is 538. The molecule has 0 saturated carbocycles. The van der Waals surface area contributed by atoms with Gasteiger partial charge in [0, 0.05) is 33.4 Å². The quantitative estimate of drug-likeness (QED) is 0.857. The van der Waals surface area contributed by atoms with Crippen LogP contribution in [0.1, 0.15) is 28.9 Å². The van der Waals surface area contributed by atoms with E-state index < -0.39 is 0 Å². The topological polar surface area (TPSA) is 78.4 Å². The summed E-state index contributed by atoms with van der Waals surface area (Å²) in [6, 6.07) is 0. The van der Waals surface area contributed by atoms with Crippen LogP contribution < -0.4 is 10.2 Å². The molecular formula is C14H21N5O2. The van der Waals surface area contributed by atoms with Gasteiger partial charge >= 0.3 is 0 Å². The van der Waals surface area contributed by atoms with Gasteiger partial charge in [-0.1, -0.05) is 0 Å². The standard InChI is InChI=1S/C14H21N5O2/c1-10-11(8-16-14(17-10)18(2)3)13(21)15-9-12(20)19-6-4-5-7-19/h8H,4-7,9H2,1-3H3,(H,15,21). The number of amides is 2. The molecule has 0 bridgehead atoms. The van der Waals surface area contributed by atoms with E-state index in [1.807, 2.05) is 14.1 Å². The minimum absolute atomic E-state index is 0.0215. The highest BCUT2D eigenvalue weighted by molar-refractivity contribution is 5.97. The van der Waals surface area contributed by atoms with Crippen molar-refractivity contribution in [3.05, 3.63) is 17.5 Å². The van der Waals surface area contributed by atoms with Gasteiger partial charge in [0.1, 0.15) is 0 Å². The summed E-state index contributed by atoms with van der Waals surface area (Å²) < 4.78 is 0. The van der Waals surface area contributed by atoms with Gasteiger partial charge in [-0.05, 0) is 19.8 Å². The Balaban J connectivity index is 1.95. The van der Waals surface area contributed by atoms with Crippen molar-refractivity contribution in [2.45, 2.75) is 19.8 Å². The number of anilines is 1. The van der Waals surface area contributed by atoms with Gasteiger partial charge in [-0.3, -0.25) is 9.59 Å². The fraction of sp³-hybridized carbons (Fsp3) is 0.571. The number of carbonyl (C=O) groups is 2. The van der Waals surface area contributed by atoms with E-state index in [9.17, 15) is 9.59 Å². The number of hydrogen-bond acceptors (Lipinski definition) is 5. The fourth-order valence-corrected chi connectivity index (χ4v) is 2.22. The molecule has 7 heteroatoms. The summed E-state index contributed by atoms with van der Waals surface area (Å²) in [5.41, 5.74) is 0.995. The van der Waals surface area contributed by atoms with Crippen molar-refractivity contribution in [1.82, 2.24) is 20.2 Å². The largest absolute Gasteiger partial charge is 0.347 e. The highest BCUT2D eigenvalue weighted by Crippen LogP contribution is 2.09. The minimum atomic E-state index is -0.314. The Labute approximate surface area is 124 Å². The zero-order chi connectivity index (χ0) is 15.4. The zero-order valence-electron chi connectivity index (χ0n) is 12.7. The number of aromatic nitrogens is 2. The molecule has 2 rings (SSSR count). The van der Waals surface area contributed by atoms with Gasteiger partial charge in [-0.2, -0.15) is 0 Å². The molecule has 0 aromatic carbocycles. The van der Waals surface area contributed by atoms with E-state index in [0.29, 0.717) is 17.2 Å². The van der Waals surface area contributed by atoms with Crippen LogP contribution in [0.5, 0.6) is 0 Å². The van der Waals surface area contributed by atoms with Crippen LogP contribution in [-0.2, 0) is 4.79 Å². The van der Waals surface area contributed by atoms with Crippen LogP contribution in [0.4, 0.5) is 5.95 Å². The summed E-state index contributed by atoms with van der Waals surface area (Å²) in [7, 11) is 3.67. The summed E-state index contributed by atoms with van der Waals surface area (Å²) >= 11 is 0. The van der Waals surface area contributed by atoms with Gasteiger partial charge in [0.15, 0.2) is 0 Å². The molecule has 1 aliphatic rings. The van der Waals surface area contributed by atoms with Crippen molar-refractivity contribution in [1.29, 1.82) is 0 Å². The second kappa shape index (κ2) is 6.51.